The van der Waals surface area contributed by atoms with E-state index in [9.17, 15) is 4.79 Å². The molecule has 0 radical (unpaired) electrons. The number of ether oxygens (including phenoxy) is 3. The summed E-state index contributed by atoms with van der Waals surface area (Å²) >= 11 is 0. The first-order valence-electron chi connectivity index (χ1n) is 18.9. The number of hydrogen-bond donors (Lipinski definition) is 1. The van der Waals surface area contributed by atoms with Gasteiger partial charge in [0, 0.05) is 79.7 Å². The highest BCUT2D eigenvalue weighted by atomic mass is 16.6. The Morgan fingerprint density at radius 2 is 1.21 bits per heavy atom. The summed E-state index contributed by atoms with van der Waals surface area (Å²) in [7, 11) is 3.44. The highest BCUT2D eigenvalue weighted by Crippen LogP contribution is 2.47. The lowest BCUT2D eigenvalue weighted by atomic mass is 10.1. The van der Waals surface area contributed by atoms with E-state index >= 15 is 0 Å². The van der Waals surface area contributed by atoms with Crippen molar-refractivity contribution < 1.29 is 19.0 Å². The molecule has 12 heteroatoms. The van der Waals surface area contributed by atoms with E-state index in [0.717, 1.165) is 91.5 Å². The van der Waals surface area contributed by atoms with Gasteiger partial charge in [0.1, 0.15) is 28.7 Å². The van der Waals surface area contributed by atoms with Crippen molar-refractivity contribution in [2.24, 2.45) is 0 Å². The van der Waals surface area contributed by atoms with Crippen LogP contribution in [0.15, 0.2) is 48.8 Å². The number of carbonyl (C=O) groups excluding carboxylic acids is 1. The largest absolute Gasteiger partial charge is 0.494 e. The monoisotopic (exact) mass is 724 g/mol. The summed E-state index contributed by atoms with van der Waals surface area (Å²) in [6, 6.07) is 12.5. The van der Waals surface area contributed by atoms with Crippen LogP contribution in [-0.4, -0.2) is 100 Å². The number of pyridine rings is 2. The highest BCUT2D eigenvalue weighted by Gasteiger charge is 2.54. The van der Waals surface area contributed by atoms with E-state index in [0.29, 0.717) is 12.1 Å². The second kappa shape index (κ2) is 13.9. The van der Waals surface area contributed by atoms with Gasteiger partial charge in [-0.05, 0) is 98.4 Å². The van der Waals surface area contributed by atoms with E-state index in [2.05, 4.69) is 82.3 Å². The minimum absolute atomic E-state index is 0.141. The van der Waals surface area contributed by atoms with Crippen LogP contribution < -0.4 is 24.6 Å². The van der Waals surface area contributed by atoms with Crippen molar-refractivity contribution in [3.05, 3.63) is 71.6 Å². The number of carbonyl (C=O) groups is 1. The lowest BCUT2D eigenvalue weighted by molar-refractivity contribution is 0.0106. The number of hydrogen-bond acceptors (Lipinski definition) is 9. The quantitative estimate of drug-likeness (QED) is 0.238. The molecule has 12 nitrogen and oxygen atoms in total. The van der Waals surface area contributed by atoms with Crippen LogP contribution in [-0.2, 0) is 4.74 Å². The van der Waals surface area contributed by atoms with Crippen LogP contribution in [0.4, 0.5) is 16.2 Å². The normalized spacial score (nSPS) is 18.5. The van der Waals surface area contributed by atoms with Gasteiger partial charge in [-0.25, -0.2) is 14.8 Å². The maximum absolute atomic E-state index is 12.7. The lowest BCUT2D eigenvalue weighted by Gasteiger charge is -2.43. The molecule has 1 N–H and O–H groups in total. The van der Waals surface area contributed by atoms with Crippen molar-refractivity contribution in [2.75, 3.05) is 63.3 Å². The van der Waals surface area contributed by atoms with Crippen molar-refractivity contribution >= 4 is 17.5 Å². The Morgan fingerprint density at radius 1 is 0.717 bits per heavy atom. The molecule has 284 valence electrons. The van der Waals surface area contributed by atoms with Gasteiger partial charge in [-0.2, -0.15) is 0 Å². The van der Waals surface area contributed by atoms with Crippen molar-refractivity contribution in [3.63, 3.8) is 0 Å². The third-order valence-corrected chi connectivity index (χ3v) is 11.1. The van der Waals surface area contributed by atoms with Crippen LogP contribution in [0.2, 0.25) is 0 Å². The fourth-order valence-electron chi connectivity index (χ4n) is 7.95. The Balaban J connectivity index is 0.000000170. The molecule has 2 aliphatic heterocycles. The molecule has 4 aromatic heterocycles. The Kier molecular flexibility index (Phi) is 9.63. The molecule has 2 saturated heterocycles. The molecule has 2 spiro atoms. The van der Waals surface area contributed by atoms with Crippen molar-refractivity contribution in [2.45, 2.75) is 90.8 Å². The zero-order valence-corrected chi connectivity index (χ0v) is 33.0. The molecule has 1 amide bonds. The summed E-state index contributed by atoms with van der Waals surface area (Å²) in [6.07, 6.45) is 8.20. The van der Waals surface area contributed by atoms with Gasteiger partial charge in [0.05, 0.1) is 43.5 Å². The van der Waals surface area contributed by atoms with Crippen LogP contribution in [0.1, 0.15) is 69.2 Å². The topological polar surface area (TPSA) is 102 Å². The van der Waals surface area contributed by atoms with Gasteiger partial charge in [-0.15, -0.1) is 0 Å². The fraction of sp³-hybridized carbons (Fsp3) is 0.537. The van der Waals surface area contributed by atoms with Gasteiger partial charge in [0.25, 0.3) is 0 Å². The van der Waals surface area contributed by atoms with E-state index in [-0.39, 0.29) is 11.6 Å². The van der Waals surface area contributed by atoms with E-state index in [1.807, 2.05) is 44.1 Å². The highest BCUT2D eigenvalue weighted by molar-refractivity contribution is 5.71. The second-order valence-corrected chi connectivity index (χ2v) is 16.2. The SMILES string of the molecule is COc1cc(-n2c(C)ccc2C)ncc1N1CCN(C(=O)OC(C)(C)C)C2(CC2)C1.COc1cc(-n2c(C)ccc2C)ncc1N1CCNC2(CC2)C1. The molecule has 6 heterocycles. The van der Waals surface area contributed by atoms with Crippen LogP contribution in [0.3, 0.4) is 0 Å². The van der Waals surface area contributed by atoms with E-state index in [4.69, 9.17) is 24.2 Å². The summed E-state index contributed by atoms with van der Waals surface area (Å²) < 4.78 is 21.4. The van der Waals surface area contributed by atoms with Crippen LogP contribution >= 0.6 is 0 Å². The predicted octanol–water partition coefficient (Wildman–Crippen LogP) is 6.53. The zero-order chi connectivity index (χ0) is 37.7. The lowest BCUT2D eigenvalue weighted by Crippen LogP contribution is -2.58. The number of piperazine rings is 2. The molecular weight excluding hydrogens is 669 g/mol. The predicted molar refractivity (Wildman–Crippen MR) is 208 cm³/mol. The summed E-state index contributed by atoms with van der Waals surface area (Å²) in [4.78, 5) is 28.8. The number of rotatable bonds is 6. The number of aryl methyl sites for hydroxylation is 4. The van der Waals surface area contributed by atoms with Gasteiger partial charge in [-0.1, -0.05) is 0 Å². The Morgan fingerprint density at radius 3 is 1.64 bits per heavy atom. The Labute approximate surface area is 314 Å². The second-order valence-electron chi connectivity index (χ2n) is 16.2. The molecule has 4 fully saturated rings. The molecular formula is C41H56N8O4. The average molecular weight is 725 g/mol. The van der Waals surface area contributed by atoms with Gasteiger partial charge < -0.3 is 38.5 Å². The number of anilines is 2. The molecule has 8 rings (SSSR count). The Bertz CT molecular complexity index is 1930. The fourth-order valence-corrected chi connectivity index (χ4v) is 7.95. The maximum Gasteiger partial charge on any atom is 0.410 e. The molecule has 0 unspecified atom stereocenters. The minimum atomic E-state index is -0.484. The van der Waals surface area contributed by atoms with Gasteiger partial charge in [-0.3, -0.25) is 4.90 Å². The minimum Gasteiger partial charge on any atom is -0.494 e. The molecule has 0 aromatic carbocycles. The van der Waals surface area contributed by atoms with E-state index in [1.54, 1.807) is 14.2 Å². The van der Waals surface area contributed by atoms with E-state index in [1.165, 1.54) is 24.2 Å². The molecule has 0 bridgehead atoms. The number of methoxy groups -OCH3 is 2. The van der Waals surface area contributed by atoms with Gasteiger partial charge in [0.15, 0.2) is 0 Å². The number of nitrogens with one attached hydrogen (secondary N) is 1. The first-order chi connectivity index (χ1) is 25.2. The third-order valence-electron chi connectivity index (χ3n) is 11.1. The molecule has 4 aliphatic rings. The van der Waals surface area contributed by atoms with Crippen LogP contribution in [0.5, 0.6) is 11.5 Å². The van der Waals surface area contributed by atoms with Crippen molar-refractivity contribution in [3.8, 4) is 23.1 Å². The van der Waals surface area contributed by atoms with Gasteiger partial charge >= 0.3 is 6.09 Å². The first-order valence-corrected chi connectivity index (χ1v) is 18.9. The molecule has 4 aromatic rings. The maximum atomic E-state index is 12.7. The van der Waals surface area contributed by atoms with Crippen molar-refractivity contribution in [1.82, 2.24) is 29.3 Å². The summed E-state index contributed by atoms with van der Waals surface area (Å²) in [6.45, 7) is 19.3. The molecule has 2 aliphatic carbocycles. The first kappa shape index (κ1) is 36.6. The molecule has 53 heavy (non-hydrogen) atoms. The molecule has 2 saturated carbocycles. The van der Waals surface area contributed by atoms with Crippen LogP contribution in [0.25, 0.3) is 11.6 Å². The zero-order valence-electron chi connectivity index (χ0n) is 33.0. The standard InChI is InChI=1S/C23H32N4O3.C18H24N4O/c1-16-7-8-17(2)27(16)20-13-19(29-6)18(14-24-20)25-11-12-26(23(15-25)9-10-23)21(28)30-22(3,4)5;1-13-4-5-14(2)22(13)17-10-16(23-3)15(11-19-17)21-9-8-20-18(12-21)6-7-18/h7-8,13-14H,9-12,15H2,1-6H3;4-5,10-11,20H,6-9,12H2,1-3H3. The average Bonchev–Trinajstić information content (AvgIpc) is 4.01. The summed E-state index contributed by atoms with van der Waals surface area (Å²) in [5.74, 6) is 3.47. The van der Waals surface area contributed by atoms with Crippen molar-refractivity contribution in [1.29, 1.82) is 0 Å². The molecule has 0 atom stereocenters. The van der Waals surface area contributed by atoms with Crippen LogP contribution in [0, 0.1) is 27.7 Å². The Hall–Kier alpha value is -4.71. The number of amides is 1. The number of nitrogens with zero attached hydrogens (tertiary/aromatic N) is 7. The van der Waals surface area contributed by atoms with E-state index < -0.39 is 5.60 Å². The summed E-state index contributed by atoms with van der Waals surface area (Å²) in [5, 5.41) is 3.65. The number of aromatic nitrogens is 4. The third kappa shape index (κ3) is 7.43. The van der Waals surface area contributed by atoms with Gasteiger partial charge in [0.2, 0.25) is 0 Å². The smallest absolute Gasteiger partial charge is 0.410 e. The summed E-state index contributed by atoms with van der Waals surface area (Å²) in [5.41, 5.74) is 6.43.